The molecule has 5 heteroatoms. The summed E-state index contributed by atoms with van der Waals surface area (Å²) >= 11 is 12.3. The van der Waals surface area contributed by atoms with E-state index >= 15 is 0 Å². The Balaban J connectivity index is 2.09. The number of halogens is 2. The summed E-state index contributed by atoms with van der Waals surface area (Å²) in [6.45, 7) is 5.16. The van der Waals surface area contributed by atoms with E-state index in [4.69, 9.17) is 23.2 Å². The maximum atomic E-state index is 6.16. The van der Waals surface area contributed by atoms with Crippen molar-refractivity contribution in [1.82, 2.24) is 4.98 Å². The van der Waals surface area contributed by atoms with Crippen LogP contribution in [0.15, 0.2) is 6.07 Å². The van der Waals surface area contributed by atoms with Crippen molar-refractivity contribution >= 4 is 34.8 Å². The van der Waals surface area contributed by atoms with Crippen LogP contribution in [0.2, 0.25) is 10.0 Å². The summed E-state index contributed by atoms with van der Waals surface area (Å²) < 4.78 is 0. The first-order valence-corrected chi connectivity index (χ1v) is 7.27. The molecular weight excluding hydrogens is 269 g/mol. The molecule has 0 amide bonds. The number of pyridine rings is 1. The highest BCUT2D eigenvalue weighted by atomic mass is 35.5. The number of rotatable bonds is 6. The predicted octanol–water partition coefficient (Wildman–Crippen LogP) is 4.42. The van der Waals surface area contributed by atoms with Crippen molar-refractivity contribution in [3.05, 3.63) is 16.1 Å². The lowest BCUT2D eigenvalue weighted by molar-refractivity contribution is 0.773. The minimum atomic E-state index is 0.514. The summed E-state index contributed by atoms with van der Waals surface area (Å²) in [6, 6.07) is 2.26. The largest absolute Gasteiger partial charge is 0.369 e. The van der Waals surface area contributed by atoms with E-state index in [1.807, 2.05) is 0 Å². The van der Waals surface area contributed by atoms with Gasteiger partial charge in [0.05, 0.1) is 10.0 Å². The second-order valence-corrected chi connectivity index (χ2v) is 5.55. The van der Waals surface area contributed by atoms with E-state index in [1.165, 1.54) is 12.8 Å². The van der Waals surface area contributed by atoms with Gasteiger partial charge in [-0.25, -0.2) is 4.98 Å². The number of aromatic nitrogens is 1. The van der Waals surface area contributed by atoms with Crippen molar-refractivity contribution in [3.63, 3.8) is 0 Å². The zero-order valence-corrected chi connectivity index (χ0v) is 12.3. The summed E-state index contributed by atoms with van der Waals surface area (Å²) in [4.78, 5) is 4.47. The zero-order chi connectivity index (χ0) is 13.1. The molecule has 1 aromatic heterocycles. The van der Waals surface area contributed by atoms with Gasteiger partial charge in [0.15, 0.2) is 0 Å². The standard InChI is InChI=1S/C13H19Cl2N3/c1-3-5-16-12-9(14)7-10(15)13(18-12)17-11-6-8(11)4-2/h7-8,11H,3-6H2,1-2H3,(H2,16,17,18). The smallest absolute Gasteiger partial charge is 0.147 e. The molecule has 2 unspecified atom stereocenters. The highest BCUT2D eigenvalue weighted by Crippen LogP contribution is 2.38. The lowest BCUT2D eigenvalue weighted by Crippen LogP contribution is -2.09. The Morgan fingerprint density at radius 3 is 2.61 bits per heavy atom. The van der Waals surface area contributed by atoms with Crippen LogP contribution in [0.25, 0.3) is 0 Å². The molecule has 0 radical (unpaired) electrons. The number of hydrogen-bond acceptors (Lipinski definition) is 3. The van der Waals surface area contributed by atoms with Crippen LogP contribution in [0.5, 0.6) is 0 Å². The Morgan fingerprint density at radius 1 is 1.28 bits per heavy atom. The average Bonchev–Trinajstić information content (AvgIpc) is 3.09. The van der Waals surface area contributed by atoms with E-state index in [0.717, 1.165) is 24.7 Å². The zero-order valence-electron chi connectivity index (χ0n) is 10.8. The molecule has 1 fully saturated rings. The van der Waals surface area contributed by atoms with E-state index in [2.05, 4.69) is 29.5 Å². The van der Waals surface area contributed by atoms with Crippen LogP contribution in [-0.2, 0) is 0 Å². The number of hydrogen-bond donors (Lipinski definition) is 2. The molecule has 2 rings (SSSR count). The maximum absolute atomic E-state index is 6.16. The van der Waals surface area contributed by atoms with E-state index in [-0.39, 0.29) is 0 Å². The molecule has 2 N–H and O–H groups in total. The molecule has 2 atom stereocenters. The fraction of sp³-hybridized carbons (Fsp3) is 0.615. The fourth-order valence-corrected chi connectivity index (χ4v) is 2.47. The molecule has 1 aromatic rings. The molecule has 100 valence electrons. The second-order valence-electron chi connectivity index (χ2n) is 4.73. The molecule has 1 aliphatic carbocycles. The third kappa shape index (κ3) is 3.21. The maximum Gasteiger partial charge on any atom is 0.147 e. The monoisotopic (exact) mass is 287 g/mol. The third-order valence-corrected chi connectivity index (χ3v) is 3.82. The van der Waals surface area contributed by atoms with Crippen molar-refractivity contribution in [2.45, 2.75) is 39.2 Å². The number of nitrogens with one attached hydrogen (secondary N) is 2. The molecule has 0 spiro atoms. The Bertz CT molecular complexity index is 423. The van der Waals surface area contributed by atoms with Crippen LogP contribution in [-0.4, -0.2) is 17.6 Å². The van der Waals surface area contributed by atoms with Gasteiger partial charge in [0, 0.05) is 12.6 Å². The van der Waals surface area contributed by atoms with Gasteiger partial charge in [-0.15, -0.1) is 0 Å². The van der Waals surface area contributed by atoms with Crippen LogP contribution < -0.4 is 10.6 Å². The summed E-state index contributed by atoms with van der Waals surface area (Å²) in [5.41, 5.74) is 0. The molecule has 1 aliphatic rings. The van der Waals surface area contributed by atoms with Crippen molar-refractivity contribution < 1.29 is 0 Å². The van der Waals surface area contributed by atoms with E-state index in [0.29, 0.717) is 21.9 Å². The quantitative estimate of drug-likeness (QED) is 0.813. The summed E-state index contributed by atoms with van der Waals surface area (Å²) in [5.74, 6) is 2.20. The minimum Gasteiger partial charge on any atom is -0.369 e. The lowest BCUT2D eigenvalue weighted by Gasteiger charge is -2.12. The first kappa shape index (κ1) is 13.8. The molecule has 0 aromatic carbocycles. The molecule has 3 nitrogen and oxygen atoms in total. The SMILES string of the molecule is CCCNc1nc(NC2CC2CC)c(Cl)cc1Cl. The molecule has 0 aliphatic heterocycles. The van der Waals surface area contributed by atoms with Crippen molar-refractivity contribution in [2.75, 3.05) is 17.2 Å². The van der Waals surface area contributed by atoms with E-state index < -0.39 is 0 Å². The topological polar surface area (TPSA) is 37.0 Å². The van der Waals surface area contributed by atoms with Crippen LogP contribution in [0.3, 0.4) is 0 Å². The molecule has 1 saturated carbocycles. The Kier molecular flexibility index (Phi) is 4.57. The van der Waals surface area contributed by atoms with Gasteiger partial charge < -0.3 is 10.6 Å². The van der Waals surface area contributed by atoms with Crippen LogP contribution in [0.4, 0.5) is 11.6 Å². The molecule has 0 bridgehead atoms. The molecule has 1 heterocycles. The summed E-state index contributed by atoms with van der Waals surface area (Å²) in [5, 5.41) is 7.75. The third-order valence-electron chi connectivity index (χ3n) is 3.24. The number of nitrogens with zero attached hydrogens (tertiary/aromatic N) is 1. The second kappa shape index (κ2) is 5.98. The summed E-state index contributed by atoms with van der Waals surface area (Å²) in [7, 11) is 0. The van der Waals surface area contributed by atoms with Crippen molar-refractivity contribution in [2.24, 2.45) is 5.92 Å². The molecular formula is C13H19Cl2N3. The lowest BCUT2D eigenvalue weighted by atomic mass is 10.3. The van der Waals surface area contributed by atoms with Gasteiger partial charge in [0.2, 0.25) is 0 Å². The minimum absolute atomic E-state index is 0.514. The van der Waals surface area contributed by atoms with Crippen LogP contribution in [0.1, 0.15) is 33.1 Å². The fourth-order valence-electron chi connectivity index (χ4n) is 1.99. The van der Waals surface area contributed by atoms with E-state index in [1.54, 1.807) is 6.07 Å². The first-order valence-electron chi connectivity index (χ1n) is 6.52. The Morgan fingerprint density at radius 2 is 2.00 bits per heavy atom. The number of anilines is 2. The highest BCUT2D eigenvalue weighted by Gasteiger charge is 2.35. The van der Waals surface area contributed by atoms with Crippen LogP contribution in [0, 0.1) is 5.92 Å². The highest BCUT2D eigenvalue weighted by molar-refractivity contribution is 6.37. The predicted molar refractivity (Wildman–Crippen MR) is 78.8 cm³/mol. The van der Waals surface area contributed by atoms with Gasteiger partial charge in [-0.1, -0.05) is 43.5 Å². The summed E-state index contributed by atoms with van der Waals surface area (Å²) in [6.07, 6.45) is 3.43. The average molecular weight is 288 g/mol. The van der Waals surface area contributed by atoms with Gasteiger partial charge >= 0.3 is 0 Å². The van der Waals surface area contributed by atoms with E-state index in [9.17, 15) is 0 Å². The molecule has 18 heavy (non-hydrogen) atoms. The van der Waals surface area contributed by atoms with Gasteiger partial charge in [-0.3, -0.25) is 0 Å². The molecule has 0 saturated heterocycles. The van der Waals surface area contributed by atoms with Crippen LogP contribution >= 0.6 is 23.2 Å². The van der Waals surface area contributed by atoms with Crippen molar-refractivity contribution in [1.29, 1.82) is 0 Å². The van der Waals surface area contributed by atoms with Gasteiger partial charge in [0.25, 0.3) is 0 Å². The Labute approximate surface area is 118 Å². The van der Waals surface area contributed by atoms with Crippen molar-refractivity contribution in [3.8, 4) is 0 Å². The van der Waals surface area contributed by atoms with Gasteiger partial charge in [0.1, 0.15) is 11.6 Å². The first-order chi connectivity index (χ1) is 8.65. The van der Waals surface area contributed by atoms with Gasteiger partial charge in [-0.05, 0) is 24.8 Å². The Hall–Kier alpha value is -0.670. The normalized spacial score (nSPS) is 21.8. The van der Waals surface area contributed by atoms with Gasteiger partial charge in [-0.2, -0.15) is 0 Å².